The second kappa shape index (κ2) is 7.81. The van der Waals surface area contributed by atoms with Gasteiger partial charge in [0.1, 0.15) is 12.1 Å². The maximum Gasteiger partial charge on any atom is 0.259 e. The fraction of sp³-hybridized carbons (Fsp3) is 0.176. The average Bonchev–Trinajstić information content (AvgIpc) is 3.15. The van der Waals surface area contributed by atoms with E-state index in [0.717, 1.165) is 5.69 Å². The zero-order valence-electron chi connectivity index (χ0n) is 14.8. The number of tetrazole rings is 1. The van der Waals surface area contributed by atoms with E-state index in [1.165, 1.54) is 24.2 Å². The number of aromatic nitrogens is 4. The molecular formula is C17H16Cl2N6O2. The summed E-state index contributed by atoms with van der Waals surface area (Å²) in [4.78, 5) is 14.6. The van der Waals surface area contributed by atoms with Crippen LogP contribution in [0, 0.1) is 0 Å². The molecule has 0 spiro atoms. The van der Waals surface area contributed by atoms with Crippen LogP contribution in [0.3, 0.4) is 0 Å². The van der Waals surface area contributed by atoms with Crippen LogP contribution in [-0.4, -0.2) is 47.3 Å². The highest BCUT2D eigenvalue weighted by Crippen LogP contribution is 2.31. The minimum absolute atomic E-state index is 0.270. The summed E-state index contributed by atoms with van der Waals surface area (Å²) in [6, 6.07) is 8.36. The number of rotatable bonds is 5. The number of hydrogen-bond donors (Lipinski definition) is 1. The first-order chi connectivity index (χ1) is 12.9. The summed E-state index contributed by atoms with van der Waals surface area (Å²) in [5, 5.41) is 14.6. The maximum atomic E-state index is 12.7. The Morgan fingerprint density at radius 3 is 2.56 bits per heavy atom. The monoisotopic (exact) mass is 406 g/mol. The van der Waals surface area contributed by atoms with Gasteiger partial charge in [0.15, 0.2) is 0 Å². The molecule has 1 heterocycles. The van der Waals surface area contributed by atoms with Crippen LogP contribution in [0.2, 0.25) is 10.0 Å². The topological polar surface area (TPSA) is 85.2 Å². The molecule has 0 aliphatic rings. The molecule has 0 radical (unpaired) electrons. The van der Waals surface area contributed by atoms with E-state index in [1.807, 2.05) is 25.1 Å². The molecule has 0 atom stereocenters. The summed E-state index contributed by atoms with van der Waals surface area (Å²) in [5.74, 6) is -0.0518. The summed E-state index contributed by atoms with van der Waals surface area (Å²) in [6.07, 6.45) is 1.40. The number of anilines is 2. The van der Waals surface area contributed by atoms with Gasteiger partial charge in [0, 0.05) is 25.8 Å². The lowest BCUT2D eigenvalue weighted by Gasteiger charge is -2.16. The van der Waals surface area contributed by atoms with Gasteiger partial charge in [0.25, 0.3) is 5.91 Å². The van der Waals surface area contributed by atoms with Crippen molar-refractivity contribution in [2.45, 2.75) is 0 Å². The Balaban J connectivity index is 1.90. The minimum atomic E-state index is -0.384. The fourth-order valence-electron chi connectivity index (χ4n) is 2.48. The first kappa shape index (κ1) is 18.9. The normalized spacial score (nSPS) is 10.6. The van der Waals surface area contributed by atoms with Crippen molar-refractivity contribution in [3.63, 3.8) is 0 Å². The standard InChI is InChI=1S/C17H16Cl2N6O2/c1-24(2)14-5-4-10(6-12(14)18)21-17(26)11-7-13(19)15(8-16(11)27-3)25-9-20-22-23-25/h4-9H,1-3H3,(H,21,26). The zero-order chi connectivity index (χ0) is 19.6. The molecule has 2 aromatic carbocycles. The van der Waals surface area contributed by atoms with Gasteiger partial charge in [0.2, 0.25) is 0 Å². The van der Waals surface area contributed by atoms with Gasteiger partial charge in [-0.05, 0) is 34.7 Å². The SMILES string of the molecule is COc1cc(-n2cnnn2)c(Cl)cc1C(=O)Nc1ccc(N(C)C)c(Cl)c1. The van der Waals surface area contributed by atoms with Crippen molar-refractivity contribution in [2.24, 2.45) is 0 Å². The molecule has 1 aromatic heterocycles. The highest BCUT2D eigenvalue weighted by molar-refractivity contribution is 6.34. The summed E-state index contributed by atoms with van der Waals surface area (Å²) >= 11 is 12.6. The van der Waals surface area contributed by atoms with E-state index in [4.69, 9.17) is 27.9 Å². The quantitative estimate of drug-likeness (QED) is 0.699. The molecule has 10 heteroatoms. The number of methoxy groups -OCH3 is 1. The number of amides is 1. The number of carbonyl (C=O) groups excluding carboxylic acids is 1. The predicted octanol–water partition coefficient (Wildman–Crippen LogP) is 3.30. The molecule has 0 unspecified atom stereocenters. The lowest BCUT2D eigenvalue weighted by atomic mass is 10.1. The van der Waals surface area contributed by atoms with Crippen LogP contribution in [-0.2, 0) is 0 Å². The van der Waals surface area contributed by atoms with Crippen LogP contribution < -0.4 is 15.0 Å². The van der Waals surface area contributed by atoms with Crippen molar-refractivity contribution in [1.82, 2.24) is 20.2 Å². The summed E-state index contributed by atoms with van der Waals surface area (Å²) in [5.41, 5.74) is 2.17. The third-order valence-corrected chi connectivity index (χ3v) is 4.40. The Labute approximate surface area is 165 Å². The number of nitrogens with one attached hydrogen (secondary N) is 1. The van der Waals surface area contributed by atoms with Crippen LogP contribution in [0.4, 0.5) is 11.4 Å². The number of carbonyl (C=O) groups is 1. The summed E-state index contributed by atoms with van der Waals surface area (Å²) in [7, 11) is 5.24. The van der Waals surface area contributed by atoms with E-state index < -0.39 is 0 Å². The van der Waals surface area contributed by atoms with Gasteiger partial charge in [-0.3, -0.25) is 4.79 Å². The highest BCUT2D eigenvalue weighted by Gasteiger charge is 2.18. The van der Waals surface area contributed by atoms with Gasteiger partial charge in [-0.2, -0.15) is 4.68 Å². The van der Waals surface area contributed by atoms with Crippen LogP contribution in [0.25, 0.3) is 5.69 Å². The molecule has 0 saturated heterocycles. The van der Waals surface area contributed by atoms with Gasteiger partial charge < -0.3 is 15.0 Å². The van der Waals surface area contributed by atoms with Crippen LogP contribution in [0.1, 0.15) is 10.4 Å². The molecule has 0 fully saturated rings. The predicted molar refractivity (Wildman–Crippen MR) is 104 cm³/mol. The van der Waals surface area contributed by atoms with Crippen molar-refractivity contribution in [3.8, 4) is 11.4 Å². The van der Waals surface area contributed by atoms with E-state index in [-0.39, 0.29) is 11.5 Å². The smallest absolute Gasteiger partial charge is 0.259 e. The first-order valence-corrected chi connectivity index (χ1v) is 8.55. The van der Waals surface area contributed by atoms with Gasteiger partial charge in [-0.15, -0.1) is 5.10 Å². The molecule has 27 heavy (non-hydrogen) atoms. The molecule has 8 nitrogen and oxygen atoms in total. The fourth-order valence-corrected chi connectivity index (χ4v) is 3.08. The first-order valence-electron chi connectivity index (χ1n) is 7.80. The largest absolute Gasteiger partial charge is 0.496 e. The van der Waals surface area contributed by atoms with Crippen molar-refractivity contribution in [2.75, 3.05) is 31.4 Å². The molecule has 0 aliphatic heterocycles. The molecule has 1 N–H and O–H groups in total. The van der Waals surface area contributed by atoms with Crippen molar-refractivity contribution in [3.05, 3.63) is 52.3 Å². The number of nitrogens with zero attached hydrogens (tertiary/aromatic N) is 5. The van der Waals surface area contributed by atoms with Crippen molar-refractivity contribution >= 4 is 40.5 Å². The highest BCUT2D eigenvalue weighted by atomic mass is 35.5. The van der Waals surface area contributed by atoms with Gasteiger partial charge in [-0.25, -0.2) is 0 Å². The Hall–Kier alpha value is -2.84. The minimum Gasteiger partial charge on any atom is -0.496 e. The van der Waals surface area contributed by atoms with E-state index in [2.05, 4.69) is 20.8 Å². The molecule has 140 valence electrons. The summed E-state index contributed by atoms with van der Waals surface area (Å²) in [6.45, 7) is 0. The Morgan fingerprint density at radius 2 is 1.96 bits per heavy atom. The Morgan fingerprint density at radius 1 is 1.19 bits per heavy atom. The molecular weight excluding hydrogens is 391 g/mol. The number of hydrogen-bond acceptors (Lipinski definition) is 6. The van der Waals surface area contributed by atoms with Crippen molar-refractivity contribution in [1.29, 1.82) is 0 Å². The lowest BCUT2D eigenvalue weighted by Crippen LogP contribution is -2.14. The van der Waals surface area contributed by atoms with Gasteiger partial charge in [0.05, 0.1) is 34.1 Å². The van der Waals surface area contributed by atoms with Crippen LogP contribution >= 0.6 is 23.2 Å². The zero-order valence-corrected chi connectivity index (χ0v) is 16.3. The molecule has 3 rings (SSSR count). The second-order valence-corrected chi connectivity index (χ2v) is 6.59. The third kappa shape index (κ3) is 3.96. The lowest BCUT2D eigenvalue weighted by molar-refractivity contribution is 0.102. The molecule has 0 saturated carbocycles. The molecule has 3 aromatic rings. The van der Waals surface area contributed by atoms with E-state index in [0.29, 0.717) is 27.2 Å². The number of ether oxygens (including phenoxy) is 1. The van der Waals surface area contributed by atoms with E-state index in [9.17, 15) is 4.79 Å². The van der Waals surface area contributed by atoms with Crippen molar-refractivity contribution < 1.29 is 9.53 Å². The van der Waals surface area contributed by atoms with Crippen LogP contribution in [0.15, 0.2) is 36.7 Å². The number of benzene rings is 2. The molecule has 1 amide bonds. The third-order valence-electron chi connectivity index (χ3n) is 3.80. The molecule has 0 aliphatic carbocycles. The van der Waals surface area contributed by atoms with Gasteiger partial charge in [-0.1, -0.05) is 23.2 Å². The maximum absolute atomic E-state index is 12.7. The van der Waals surface area contributed by atoms with E-state index >= 15 is 0 Å². The van der Waals surface area contributed by atoms with Crippen LogP contribution in [0.5, 0.6) is 5.75 Å². The Kier molecular flexibility index (Phi) is 5.48. The Bertz CT molecular complexity index is 976. The second-order valence-electron chi connectivity index (χ2n) is 5.77. The van der Waals surface area contributed by atoms with Gasteiger partial charge >= 0.3 is 0 Å². The average molecular weight is 407 g/mol. The molecule has 0 bridgehead atoms. The summed E-state index contributed by atoms with van der Waals surface area (Å²) < 4.78 is 6.72. The number of halogens is 2. The van der Waals surface area contributed by atoms with E-state index in [1.54, 1.807) is 18.2 Å².